The van der Waals surface area contributed by atoms with Crippen molar-refractivity contribution in [2.75, 3.05) is 24.6 Å². The molecule has 0 saturated heterocycles. The third-order valence-electron chi connectivity index (χ3n) is 12.6. The summed E-state index contributed by atoms with van der Waals surface area (Å²) in [6.07, 6.45) is 18.6. The van der Waals surface area contributed by atoms with E-state index in [0.717, 1.165) is 47.0 Å². The van der Waals surface area contributed by atoms with Crippen LogP contribution in [0.25, 0.3) is 22.5 Å². The molecule has 4 aromatic rings. The molecule has 330 valence electrons. The predicted octanol–water partition coefficient (Wildman–Crippen LogP) is 9.54. The number of amides is 2. The van der Waals surface area contributed by atoms with Crippen molar-refractivity contribution in [1.82, 2.24) is 28.9 Å². The second-order valence-corrected chi connectivity index (χ2v) is 19.0. The predicted molar refractivity (Wildman–Crippen MR) is 256 cm³/mol. The quantitative estimate of drug-likeness (QED) is 0.100. The SMILES string of the molecule is Cl.Cl.Cl.Cl.N[C@@H](CSSC[C@H](N)C(=O)N1CCn2cc(-c3ccccc3)nc2[C@@H]1CC1CCCCC1)C(=O)N1CCn2cc(-c3ccccc3)nc2[C@@H]1CC1CCCCC1. The summed E-state index contributed by atoms with van der Waals surface area (Å²) in [5.74, 6) is 4.00. The molecule has 16 heteroatoms. The minimum atomic E-state index is -0.650. The van der Waals surface area contributed by atoms with Crippen LogP contribution in [0.5, 0.6) is 0 Å². The van der Waals surface area contributed by atoms with Crippen molar-refractivity contribution in [2.45, 2.75) is 114 Å². The van der Waals surface area contributed by atoms with Gasteiger partial charge in [0.15, 0.2) is 0 Å². The summed E-state index contributed by atoms with van der Waals surface area (Å²) in [4.78, 5) is 42.6. The van der Waals surface area contributed by atoms with E-state index < -0.39 is 12.1 Å². The van der Waals surface area contributed by atoms with Crippen molar-refractivity contribution in [3.05, 3.63) is 84.7 Å². The summed E-state index contributed by atoms with van der Waals surface area (Å²) >= 11 is 0. The maximum Gasteiger partial charge on any atom is 0.241 e. The Labute approximate surface area is 388 Å². The first-order valence-electron chi connectivity index (χ1n) is 21.0. The van der Waals surface area contributed by atoms with Crippen molar-refractivity contribution < 1.29 is 9.59 Å². The van der Waals surface area contributed by atoms with Gasteiger partial charge < -0.3 is 30.4 Å². The van der Waals surface area contributed by atoms with E-state index in [1.54, 1.807) is 21.6 Å². The molecule has 2 saturated carbocycles. The minimum Gasteiger partial charge on any atom is -0.331 e. The lowest BCUT2D eigenvalue weighted by Crippen LogP contribution is -2.51. The molecule has 8 rings (SSSR count). The van der Waals surface area contributed by atoms with Crippen LogP contribution in [0.1, 0.15) is 101 Å². The number of benzene rings is 2. The van der Waals surface area contributed by atoms with E-state index in [0.29, 0.717) is 49.5 Å². The van der Waals surface area contributed by atoms with Crippen molar-refractivity contribution >= 4 is 83.0 Å². The van der Waals surface area contributed by atoms with Gasteiger partial charge in [0, 0.05) is 61.2 Å². The molecule has 60 heavy (non-hydrogen) atoms. The average molecular weight is 941 g/mol. The van der Waals surface area contributed by atoms with E-state index in [2.05, 4.69) is 45.8 Å². The van der Waals surface area contributed by atoms with Crippen molar-refractivity contribution in [3.63, 3.8) is 0 Å². The zero-order valence-electron chi connectivity index (χ0n) is 34.2. The molecule has 0 bridgehead atoms. The van der Waals surface area contributed by atoms with Gasteiger partial charge in [0.25, 0.3) is 0 Å². The lowest BCUT2D eigenvalue weighted by Gasteiger charge is -2.39. The van der Waals surface area contributed by atoms with Gasteiger partial charge in [0.05, 0.1) is 35.6 Å². The fraction of sp³-hybridized carbons (Fsp3) is 0.545. The van der Waals surface area contributed by atoms with E-state index in [4.69, 9.17) is 21.4 Å². The molecule has 0 unspecified atom stereocenters. The first kappa shape index (κ1) is 50.2. The first-order valence-corrected chi connectivity index (χ1v) is 23.5. The third kappa shape index (κ3) is 11.8. The van der Waals surface area contributed by atoms with E-state index in [-0.39, 0.29) is 73.5 Å². The molecule has 4 atom stereocenters. The highest BCUT2D eigenvalue weighted by Gasteiger charge is 2.39. The van der Waals surface area contributed by atoms with Crippen LogP contribution in [0.2, 0.25) is 0 Å². The molecular formula is C44H62Cl4N8O2S2. The largest absolute Gasteiger partial charge is 0.331 e. The van der Waals surface area contributed by atoms with Crippen LogP contribution in [-0.4, -0.2) is 77.4 Å². The molecule has 2 aliphatic heterocycles. The smallest absolute Gasteiger partial charge is 0.241 e. The number of rotatable bonds is 13. The van der Waals surface area contributed by atoms with Gasteiger partial charge in [-0.2, -0.15) is 0 Å². The molecular weight excluding hydrogens is 878 g/mol. The first-order chi connectivity index (χ1) is 27.4. The highest BCUT2D eigenvalue weighted by molar-refractivity contribution is 8.76. The Balaban J connectivity index is 0.00000198. The lowest BCUT2D eigenvalue weighted by molar-refractivity contribution is -0.137. The Morgan fingerprint density at radius 1 is 0.567 bits per heavy atom. The number of halogens is 4. The molecule has 2 aliphatic carbocycles. The number of nitrogens with zero attached hydrogens (tertiary/aromatic N) is 6. The second-order valence-electron chi connectivity index (χ2n) is 16.4. The van der Waals surface area contributed by atoms with E-state index in [9.17, 15) is 9.59 Å². The molecule has 0 radical (unpaired) electrons. The van der Waals surface area contributed by atoms with Gasteiger partial charge >= 0.3 is 0 Å². The Hall–Kier alpha value is -2.42. The molecule has 4 heterocycles. The average Bonchev–Trinajstić information content (AvgIpc) is 3.89. The molecule has 2 aromatic heterocycles. The number of hydrogen-bond donors (Lipinski definition) is 2. The van der Waals surface area contributed by atoms with Crippen LogP contribution in [-0.2, 0) is 22.7 Å². The molecule has 10 nitrogen and oxygen atoms in total. The topological polar surface area (TPSA) is 128 Å². The Morgan fingerprint density at radius 3 is 1.30 bits per heavy atom. The van der Waals surface area contributed by atoms with Crippen LogP contribution < -0.4 is 11.5 Å². The number of nitrogens with two attached hydrogens (primary N) is 2. The molecule has 2 fully saturated rings. The maximum absolute atomic E-state index is 14.1. The summed E-state index contributed by atoms with van der Waals surface area (Å²) in [6.45, 7) is 2.67. The van der Waals surface area contributed by atoms with Gasteiger partial charge in [0.1, 0.15) is 11.6 Å². The monoisotopic (exact) mass is 938 g/mol. The van der Waals surface area contributed by atoms with Gasteiger partial charge in [0.2, 0.25) is 11.8 Å². The number of fused-ring (bicyclic) bond motifs is 2. The van der Waals surface area contributed by atoms with Gasteiger partial charge in [-0.3, -0.25) is 9.59 Å². The standard InChI is InChI=1S/C44H58N8O2S2.4ClH/c45-35(43(53)51-23-21-49-27-37(33-17-9-3-10-18-33)47-41(49)39(51)25-31-13-5-1-6-14-31)29-55-56-30-36(46)44(54)52-24-22-50-28-38(34-19-11-4-12-20-34)48-42(50)40(52)26-32-15-7-2-8-16-32;;;;/h3-4,9-12,17-20,27-28,31-32,35-36,39-40H,1-2,5-8,13-16,21-26,29-30,45-46H2;4*1H/t35-,36-,39-,40-;;;;/m0..../s1. The van der Waals surface area contributed by atoms with Crippen molar-refractivity contribution in [2.24, 2.45) is 23.3 Å². The Kier molecular flexibility index (Phi) is 20.0. The van der Waals surface area contributed by atoms with Crippen LogP contribution in [0.3, 0.4) is 0 Å². The van der Waals surface area contributed by atoms with Gasteiger partial charge in [-0.05, 0) is 24.7 Å². The Morgan fingerprint density at radius 2 is 0.933 bits per heavy atom. The van der Waals surface area contributed by atoms with Gasteiger partial charge in [-0.15, -0.1) is 49.6 Å². The highest BCUT2D eigenvalue weighted by Crippen LogP contribution is 2.40. The van der Waals surface area contributed by atoms with Crippen LogP contribution in [0.15, 0.2) is 73.1 Å². The van der Waals surface area contributed by atoms with Crippen LogP contribution >= 0.6 is 71.2 Å². The lowest BCUT2D eigenvalue weighted by atomic mass is 9.84. The van der Waals surface area contributed by atoms with Gasteiger partial charge in [-0.1, -0.05) is 146 Å². The molecule has 2 aromatic carbocycles. The number of imidazole rings is 2. The number of carbonyl (C=O) groups excluding carboxylic acids is 2. The molecule has 2 amide bonds. The normalized spacial score (nSPS) is 20.2. The molecule has 0 spiro atoms. The summed E-state index contributed by atoms with van der Waals surface area (Å²) in [7, 11) is 3.09. The molecule has 4 aliphatic rings. The highest BCUT2D eigenvalue weighted by atomic mass is 35.5. The third-order valence-corrected chi connectivity index (χ3v) is 15.1. The summed E-state index contributed by atoms with van der Waals surface area (Å²) in [6, 6.07) is 19.1. The summed E-state index contributed by atoms with van der Waals surface area (Å²) in [5.41, 5.74) is 17.5. The van der Waals surface area contributed by atoms with E-state index in [1.165, 1.54) is 64.2 Å². The van der Waals surface area contributed by atoms with Crippen LogP contribution in [0.4, 0.5) is 0 Å². The van der Waals surface area contributed by atoms with E-state index in [1.807, 2.05) is 46.2 Å². The van der Waals surface area contributed by atoms with Crippen LogP contribution in [0, 0.1) is 11.8 Å². The maximum atomic E-state index is 14.1. The summed E-state index contributed by atoms with van der Waals surface area (Å²) < 4.78 is 4.51. The van der Waals surface area contributed by atoms with Crippen molar-refractivity contribution in [1.29, 1.82) is 0 Å². The second kappa shape index (κ2) is 23.9. The van der Waals surface area contributed by atoms with Gasteiger partial charge in [-0.25, -0.2) is 9.97 Å². The summed E-state index contributed by atoms with van der Waals surface area (Å²) in [5, 5.41) is 0. The molecule has 4 N–H and O–H groups in total. The van der Waals surface area contributed by atoms with E-state index >= 15 is 0 Å². The number of carbonyl (C=O) groups is 2. The zero-order chi connectivity index (χ0) is 38.4. The fourth-order valence-corrected chi connectivity index (χ4v) is 11.8. The van der Waals surface area contributed by atoms with Crippen molar-refractivity contribution in [3.8, 4) is 22.5 Å². The Bertz CT molecular complexity index is 1790. The number of hydrogen-bond acceptors (Lipinski definition) is 8. The fourth-order valence-electron chi connectivity index (χ4n) is 9.55. The minimum absolute atomic E-state index is 0. The zero-order valence-corrected chi connectivity index (χ0v) is 39.1. The number of aromatic nitrogens is 4.